The second kappa shape index (κ2) is 12.2. The summed E-state index contributed by atoms with van der Waals surface area (Å²) >= 11 is 9.66. The Bertz CT molecular complexity index is 1350. The number of para-hydroxylation sites is 1. The summed E-state index contributed by atoms with van der Waals surface area (Å²) in [6.07, 6.45) is 1.44. The zero-order chi connectivity index (χ0) is 26.2. The van der Waals surface area contributed by atoms with Crippen molar-refractivity contribution < 1.29 is 19.2 Å². The first-order valence-corrected chi connectivity index (χ1v) is 11.9. The number of non-ortho nitro benzene ring substituents is 1. The van der Waals surface area contributed by atoms with Gasteiger partial charge in [-0.25, -0.2) is 0 Å². The van der Waals surface area contributed by atoms with Crippen molar-refractivity contribution in [1.82, 2.24) is 0 Å². The highest BCUT2D eigenvalue weighted by Gasteiger charge is 2.16. The van der Waals surface area contributed by atoms with Crippen LogP contribution in [0.2, 0.25) is 5.02 Å². The number of carbonyl (C=O) groups is 1. The molecule has 10 heteroatoms. The number of halogens is 2. The Morgan fingerprint density at radius 2 is 1.94 bits per heavy atom. The summed E-state index contributed by atoms with van der Waals surface area (Å²) in [7, 11) is 0. The highest BCUT2D eigenvalue weighted by Crippen LogP contribution is 2.38. The standard InChI is InChI=1S/C26H21BrClN3O5/c1-3-35-23-13-18(11-19(14-29)26(32)30-24-16(2)5-4-6-22(24)28)12-21(27)25(23)36-15-17-7-9-20(10-8-17)31(33)34/h4-13H,3,15H2,1-2H3,(H,30,32)/b19-11+. The fourth-order valence-electron chi connectivity index (χ4n) is 3.23. The third-order valence-corrected chi connectivity index (χ3v) is 5.90. The molecule has 3 aromatic carbocycles. The van der Waals surface area contributed by atoms with Gasteiger partial charge in [0.25, 0.3) is 11.6 Å². The maximum Gasteiger partial charge on any atom is 0.269 e. The number of aryl methyl sites for hydroxylation is 1. The molecule has 0 aromatic heterocycles. The van der Waals surface area contributed by atoms with E-state index in [-0.39, 0.29) is 17.9 Å². The number of rotatable bonds is 9. The first kappa shape index (κ1) is 26.7. The van der Waals surface area contributed by atoms with E-state index in [1.807, 2.05) is 13.0 Å². The van der Waals surface area contributed by atoms with Crippen LogP contribution in [0.25, 0.3) is 6.08 Å². The predicted molar refractivity (Wildman–Crippen MR) is 141 cm³/mol. The molecule has 0 aliphatic carbocycles. The second-order valence-corrected chi connectivity index (χ2v) is 8.79. The van der Waals surface area contributed by atoms with Crippen molar-refractivity contribution in [1.29, 1.82) is 5.26 Å². The third kappa shape index (κ3) is 6.62. The van der Waals surface area contributed by atoms with E-state index in [1.165, 1.54) is 18.2 Å². The Kier molecular flexibility index (Phi) is 9.06. The lowest BCUT2D eigenvalue weighted by Gasteiger charge is -2.15. The first-order valence-electron chi connectivity index (χ1n) is 10.7. The molecule has 0 heterocycles. The number of amides is 1. The fourth-order valence-corrected chi connectivity index (χ4v) is 4.07. The second-order valence-electron chi connectivity index (χ2n) is 7.53. The summed E-state index contributed by atoms with van der Waals surface area (Å²) in [6, 6.07) is 16.5. The minimum atomic E-state index is -0.596. The maximum atomic E-state index is 12.8. The van der Waals surface area contributed by atoms with Gasteiger partial charge in [-0.05, 0) is 82.9 Å². The van der Waals surface area contributed by atoms with Crippen molar-refractivity contribution in [3.8, 4) is 17.6 Å². The van der Waals surface area contributed by atoms with Gasteiger partial charge in [0.1, 0.15) is 18.2 Å². The number of nitrogens with zero attached hydrogens (tertiary/aromatic N) is 2. The van der Waals surface area contributed by atoms with Gasteiger partial charge >= 0.3 is 0 Å². The molecule has 0 saturated heterocycles. The van der Waals surface area contributed by atoms with Gasteiger partial charge in [-0.15, -0.1) is 0 Å². The Morgan fingerprint density at radius 1 is 1.22 bits per heavy atom. The van der Waals surface area contributed by atoms with Gasteiger partial charge in [-0.1, -0.05) is 23.7 Å². The van der Waals surface area contributed by atoms with E-state index in [9.17, 15) is 20.2 Å². The molecule has 0 aliphatic rings. The van der Waals surface area contributed by atoms with Gasteiger partial charge in [0, 0.05) is 12.1 Å². The molecule has 36 heavy (non-hydrogen) atoms. The zero-order valence-electron chi connectivity index (χ0n) is 19.4. The van der Waals surface area contributed by atoms with Crippen molar-refractivity contribution in [2.24, 2.45) is 0 Å². The number of hydrogen-bond acceptors (Lipinski definition) is 6. The smallest absolute Gasteiger partial charge is 0.269 e. The molecule has 184 valence electrons. The van der Waals surface area contributed by atoms with Gasteiger partial charge in [0.15, 0.2) is 11.5 Å². The van der Waals surface area contributed by atoms with E-state index >= 15 is 0 Å². The Balaban J connectivity index is 1.85. The van der Waals surface area contributed by atoms with Gasteiger partial charge in [-0.2, -0.15) is 5.26 Å². The summed E-state index contributed by atoms with van der Waals surface area (Å²) in [5.74, 6) is 0.225. The average Bonchev–Trinajstić information content (AvgIpc) is 2.84. The van der Waals surface area contributed by atoms with Gasteiger partial charge < -0.3 is 14.8 Å². The van der Waals surface area contributed by atoms with Gasteiger partial charge in [0.05, 0.1) is 26.7 Å². The highest BCUT2D eigenvalue weighted by atomic mass is 79.9. The van der Waals surface area contributed by atoms with Crippen LogP contribution in [0.15, 0.2) is 64.6 Å². The summed E-state index contributed by atoms with van der Waals surface area (Å²) in [4.78, 5) is 23.1. The minimum absolute atomic E-state index is 0.00638. The fraction of sp³-hybridized carbons (Fsp3) is 0.154. The molecular formula is C26H21BrClN3O5. The van der Waals surface area contributed by atoms with E-state index in [0.29, 0.717) is 38.9 Å². The molecular weight excluding hydrogens is 550 g/mol. The molecule has 1 N–H and O–H groups in total. The van der Waals surface area contributed by atoms with Crippen molar-refractivity contribution in [3.63, 3.8) is 0 Å². The van der Waals surface area contributed by atoms with Crippen LogP contribution in [0.4, 0.5) is 11.4 Å². The van der Waals surface area contributed by atoms with Crippen LogP contribution in [-0.2, 0) is 11.4 Å². The minimum Gasteiger partial charge on any atom is -0.490 e. The zero-order valence-corrected chi connectivity index (χ0v) is 21.7. The van der Waals surface area contributed by atoms with Crippen LogP contribution in [0.3, 0.4) is 0 Å². The van der Waals surface area contributed by atoms with E-state index in [1.54, 1.807) is 49.4 Å². The number of nitro benzene ring substituents is 1. The summed E-state index contributed by atoms with van der Waals surface area (Å²) in [6.45, 7) is 4.12. The molecule has 0 atom stereocenters. The lowest BCUT2D eigenvalue weighted by molar-refractivity contribution is -0.384. The van der Waals surface area contributed by atoms with Crippen LogP contribution >= 0.6 is 27.5 Å². The Labute approximate surface area is 221 Å². The molecule has 3 aromatic rings. The number of anilines is 1. The van der Waals surface area contributed by atoms with E-state index in [0.717, 1.165) is 11.1 Å². The summed E-state index contributed by atoms with van der Waals surface area (Å²) < 4.78 is 12.2. The van der Waals surface area contributed by atoms with Crippen molar-refractivity contribution in [3.05, 3.63) is 96.5 Å². The number of carbonyl (C=O) groups excluding carboxylic acids is 1. The SMILES string of the molecule is CCOc1cc(/C=C(\C#N)C(=O)Nc2c(C)cccc2Cl)cc(Br)c1OCc1ccc([N+](=O)[O-])cc1. The molecule has 3 rings (SSSR count). The maximum absolute atomic E-state index is 12.8. The lowest BCUT2D eigenvalue weighted by Crippen LogP contribution is -2.14. The van der Waals surface area contributed by atoms with Gasteiger partial charge in [0.2, 0.25) is 0 Å². The van der Waals surface area contributed by atoms with Crippen molar-refractivity contribution in [2.45, 2.75) is 20.5 Å². The normalized spacial score (nSPS) is 10.9. The Morgan fingerprint density at radius 3 is 2.56 bits per heavy atom. The molecule has 0 aliphatic heterocycles. The monoisotopic (exact) mass is 569 g/mol. The van der Waals surface area contributed by atoms with Gasteiger partial charge in [-0.3, -0.25) is 14.9 Å². The molecule has 0 fully saturated rings. The summed E-state index contributed by atoms with van der Waals surface area (Å²) in [5, 5.41) is 23.5. The quantitative estimate of drug-likeness (QED) is 0.130. The number of nitro groups is 1. The van der Waals surface area contributed by atoms with E-state index in [2.05, 4.69) is 21.2 Å². The summed E-state index contributed by atoms with van der Waals surface area (Å²) in [5.41, 5.74) is 2.35. The average molecular weight is 571 g/mol. The topological polar surface area (TPSA) is 114 Å². The molecule has 0 unspecified atom stereocenters. The van der Waals surface area contributed by atoms with Crippen LogP contribution < -0.4 is 14.8 Å². The van der Waals surface area contributed by atoms with Crippen LogP contribution in [0.1, 0.15) is 23.6 Å². The van der Waals surface area contributed by atoms with Crippen LogP contribution in [0.5, 0.6) is 11.5 Å². The molecule has 0 bridgehead atoms. The Hall–Kier alpha value is -3.87. The molecule has 0 spiro atoms. The molecule has 0 saturated carbocycles. The molecule has 0 radical (unpaired) electrons. The van der Waals surface area contributed by atoms with Crippen molar-refractivity contribution in [2.75, 3.05) is 11.9 Å². The number of hydrogen-bond donors (Lipinski definition) is 1. The lowest BCUT2D eigenvalue weighted by atomic mass is 10.1. The number of benzene rings is 3. The number of nitriles is 1. The van der Waals surface area contributed by atoms with Crippen LogP contribution in [-0.4, -0.2) is 17.4 Å². The predicted octanol–water partition coefficient (Wildman–Crippen LogP) is 6.84. The van der Waals surface area contributed by atoms with E-state index in [4.69, 9.17) is 21.1 Å². The van der Waals surface area contributed by atoms with E-state index < -0.39 is 10.8 Å². The third-order valence-electron chi connectivity index (χ3n) is 5.00. The van der Waals surface area contributed by atoms with Crippen molar-refractivity contribution >= 4 is 50.9 Å². The van der Waals surface area contributed by atoms with Crippen LogP contribution in [0, 0.1) is 28.4 Å². The number of nitrogens with one attached hydrogen (secondary N) is 1. The first-order chi connectivity index (χ1) is 17.2. The molecule has 1 amide bonds. The highest BCUT2D eigenvalue weighted by molar-refractivity contribution is 9.10. The largest absolute Gasteiger partial charge is 0.490 e. The number of ether oxygens (including phenoxy) is 2. The molecule has 8 nitrogen and oxygen atoms in total.